The van der Waals surface area contributed by atoms with Crippen molar-refractivity contribution >= 4 is 27.3 Å². The maximum absolute atomic E-state index is 3.71. The Bertz CT molecular complexity index is 589. The van der Waals surface area contributed by atoms with Crippen molar-refractivity contribution in [3.05, 3.63) is 55.2 Å². The van der Waals surface area contributed by atoms with E-state index in [-0.39, 0.29) is 6.04 Å². The lowest BCUT2D eigenvalue weighted by molar-refractivity contribution is 0.595. The van der Waals surface area contributed by atoms with Crippen LogP contribution in [0.25, 0.3) is 0 Å². The van der Waals surface area contributed by atoms with Gasteiger partial charge in [0.25, 0.3) is 0 Å². The highest BCUT2D eigenvalue weighted by Gasteiger charge is 2.19. The topological polar surface area (TPSA) is 12.0 Å². The number of rotatable bonds is 5. The first-order valence-electron chi connectivity index (χ1n) is 7.09. The summed E-state index contributed by atoms with van der Waals surface area (Å²) in [5.41, 5.74) is 4.13. The van der Waals surface area contributed by atoms with E-state index in [9.17, 15) is 0 Å². The van der Waals surface area contributed by atoms with Crippen molar-refractivity contribution in [3.63, 3.8) is 0 Å². The van der Waals surface area contributed by atoms with Gasteiger partial charge in [-0.15, -0.1) is 11.3 Å². The molecule has 2 aromatic rings. The number of halogens is 1. The fraction of sp³-hybridized carbons (Fsp3) is 0.412. The lowest BCUT2D eigenvalue weighted by Gasteiger charge is -2.21. The molecule has 1 heterocycles. The lowest BCUT2D eigenvalue weighted by Crippen LogP contribution is -2.24. The summed E-state index contributed by atoms with van der Waals surface area (Å²) in [6.07, 6.45) is 1.14. The maximum Gasteiger partial charge on any atom is 0.0590 e. The molecule has 0 saturated heterocycles. The Balaban J connectivity index is 2.46. The molecule has 0 fully saturated rings. The van der Waals surface area contributed by atoms with Crippen molar-refractivity contribution in [1.82, 2.24) is 5.32 Å². The van der Waals surface area contributed by atoms with Crippen LogP contribution in [0.5, 0.6) is 0 Å². The normalized spacial score (nSPS) is 12.7. The Hall–Kier alpha value is -0.640. The van der Waals surface area contributed by atoms with E-state index < -0.39 is 0 Å². The number of aryl methyl sites for hydroxylation is 3. The van der Waals surface area contributed by atoms with Gasteiger partial charge in [-0.2, -0.15) is 0 Å². The SMILES string of the molecule is CCCNC(c1cc(Br)ccc1C)c1cc(C)sc1C. The third-order valence-corrected chi connectivity index (χ3v) is 5.02. The molecule has 108 valence electrons. The molecule has 2 rings (SSSR count). The van der Waals surface area contributed by atoms with Gasteiger partial charge in [0.2, 0.25) is 0 Å². The third kappa shape index (κ3) is 3.51. The zero-order valence-electron chi connectivity index (χ0n) is 12.6. The summed E-state index contributed by atoms with van der Waals surface area (Å²) < 4.78 is 1.14. The number of thiophene rings is 1. The van der Waals surface area contributed by atoms with E-state index >= 15 is 0 Å². The monoisotopic (exact) mass is 351 g/mol. The minimum absolute atomic E-state index is 0.289. The van der Waals surface area contributed by atoms with Crippen molar-refractivity contribution in [2.75, 3.05) is 6.54 Å². The highest BCUT2D eigenvalue weighted by molar-refractivity contribution is 9.10. The van der Waals surface area contributed by atoms with Crippen molar-refractivity contribution < 1.29 is 0 Å². The first-order valence-corrected chi connectivity index (χ1v) is 8.70. The number of benzene rings is 1. The molecule has 1 aromatic heterocycles. The largest absolute Gasteiger partial charge is 0.306 e. The molecular weight excluding hydrogens is 330 g/mol. The Morgan fingerprint density at radius 1 is 1.15 bits per heavy atom. The van der Waals surface area contributed by atoms with E-state index in [1.807, 2.05) is 11.3 Å². The first-order chi connectivity index (χ1) is 9.52. The van der Waals surface area contributed by atoms with Gasteiger partial charge in [-0.25, -0.2) is 0 Å². The van der Waals surface area contributed by atoms with Crippen LogP contribution in [0.1, 0.15) is 45.8 Å². The van der Waals surface area contributed by atoms with Gasteiger partial charge in [0.15, 0.2) is 0 Å². The zero-order chi connectivity index (χ0) is 14.7. The fourth-order valence-corrected chi connectivity index (χ4v) is 3.88. The molecule has 0 radical (unpaired) electrons. The summed E-state index contributed by atoms with van der Waals surface area (Å²) in [5.74, 6) is 0. The molecule has 1 unspecified atom stereocenters. The van der Waals surface area contributed by atoms with Gasteiger partial charge >= 0.3 is 0 Å². The van der Waals surface area contributed by atoms with Crippen molar-refractivity contribution in [2.45, 2.75) is 40.2 Å². The fourth-order valence-electron chi connectivity index (χ4n) is 2.54. The predicted molar refractivity (Wildman–Crippen MR) is 92.8 cm³/mol. The quantitative estimate of drug-likeness (QED) is 0.747. The minimum Gasteiger partial charge on any atom is -0.306 e. The Labute approximate surface area is 134 Å². The molecule has 0 aliphatic rings. The standard InChI is InChI=1S/C17H22BrNS/c1-5-8-19-17(16-9-12(3)20-13(16)4)15-10-14(18)7-6-11(15)2/h6-7,9-10,17,19H,5,8H2,1-4H3. The molecule has 0 amide bonds. The summed E-state index contributed by atoms with van der Waals surface area (Å²) >= 11 is 5.49. The molecule has 1 atom stereocenters. The van der Waals surface area contributed by atoms with E-state index in [2.05, 4.69) is 73.2 Å². The minimum atomic E-state index is 0.289. The van der Waals surface area contributed by atoms with Crippen molar-refractivity contribution in [1.29, 1.82) is 0 Å². The van der Waals surface area contributed by atoms with Gasteiger partial charge in [0.1, 0.15) is 0 Å². The Kier molecular flexibility index (Phi) is 5.42. The average molecular weight is 352 g/mol. The van der Waals surface area contributed by atoms with Crippen LogP contribution in [0.4, 0.5) is 0 Å². The highest BCUT2D eigenvalue weighted by Crippen LogP contribution is 2.33. The van der Waals surface area contributed by atoms with Gasteiger partial charge in [-0.3, -0.25) is 0 Å². The maximum atomic E-state index is 3.71. The zero-order valence-corrected chi connectivity index (χ0v) is 15.0. The number of hydrogen-bond donors (Lipinski definition) is 1. The van der Waals surface area contributed by atoms with Crippen LogP contribution in [0, 0.1) is 20.8 Å². The van der Waals surface area contributed by atoms with E-state index in [1.165, 1.54) is 26.4 Å². The average Bonchev–Trinajstić information content (AvgIpc) is 2.73. The van der Waals surface area contributed by atoms with Gasteiger partial charge in [0, 0.05) is 14.2 Å². The Morgan fingerprint density at radius 2 is 1.90 bits per heavy atom. The highest BCUT2D eigenvalue weighted by atomic mass is 79.9. The molecule has 0 bridgehead atoms. The molecule has 1 aromatic carbocycles. The van der Waals surface area contributed by atoms with Gasteiger partial charge in [-0.1, -0.05) is 28.9 Å². The molecule has 0 aliphatic carbocycles. The molecule has 0 aliphatic heterocycles. The summed E-state index contributed by atoms with van der Waals surface area (Å²) in [6, 6.07) is 9.16. The lowest BCUT2D eigenvalue weighted by atomic mass is 9.95. The van der Waals surface area contributed by atoms with Crippen molar-refractivity contribution in [2.24, 2.45) is 0 Å². The molecule has 3 heteroatoms. The molecule has 0 spiro atoms. The van der Waals surface area contributed by atoms with Crippen LogP contribution in [0.3, 0.4) is 0 Å². The van der Waals surface area contributed by atoms with E-state index in [4.69, 9.17) is 0 Å². The molecule has 1 N–H and O–H groups in total. The second-order valence-corrected chi connectivity index (χ2v) is 7.63. The van der Waals surface area contributed by atoms with Crippen LogP contribution in [-0.4, -0.2) is 6.54 Å². The van der Waals surface area contributed by atoms with Crippen LogP contribution in [-0.2, 0) is 0 Å². The number of nitrogens with one attached hydrogen (secondary N) is 1. The van der Waals surface area contributed by atoms with Crippen LogP contribution >= 0.6 is 27.3 Å². The van der Waals surface area contributed by atoms with Gasteiger partial charge in [0.05, 0.1) is 6.04 Å². The number of hydrogen-bond acceptors (Lipinski definition) is 2. The second kappa shape index (κ2) is 6.88. The second-order valence-electron chi connectivity index (χ2n) is 5.26. The van der Waals surface area contributed by atoms with Gasteiger partial charge < -0.3 is 5.32 Å². The first kappa shape index (κ1) is 15.7. The molecule has 20 heavy (non-hydrogen) atoms. The molecule has 1 nitrogen and oxygen atoms in total. The van der Waals surface area contributed by atoms with Crippen LogP contribution < -0.4 is 5.32 Å². The van der Waals surface area contributed by atoms with Crippen LogP contribution in [0.15, 0.2) is 28.7 Å². The predicted octanol–water partition coefficient (Wildman–Crippen LogP) is 5.52. The summed E-state index contributed by atoms with van der Waals surface area (Å²) in [6.45, 7) is 9.85. The Morgan fingerprint density at radius 3 is 2.50 bits per heavy atom. The molecular formula is C17H22BrNS. The summed E-state index contributed by atoms with van der Waals surface area (Å²) in [7, 11) is 0. The smallest absolute Gasteiger partial charge is 0.0590 e. The van der Waals surface area contributed by atoms with E-state index in [0.29, 0.717) is 0 Å². The van der Waals surface area contributed by atoms with Crippen LogP contribution in [0.2, 0.25) is 0 Å². The van der Waals surface area contributed by atoms with Gasteiger partial charge in [-0.05, 0) is 68.6 Å². The van der Waals surface area contributed by atoms with E-state index in [0.717, 1.165) is 17.4 Å². The van der Waals surface area contributed by atoms with E-state index in [1.54, 1.807) is 0 Å². The summed E-state index contributed by atoms with van der Waals surface area (Å²) in [4.78, 5) is 2.80. The third-order valence-electron chi connectivity index (χ3n) is 3.54. The van der Waals surface area contributed by atoms with Crippen molar-refractivity contribution in [3.8, 4) is 0 Å². The summed E-state index contributed by atoms with van der Waals surface area (Å²) in [5, 5.41) is 3.71. The molecule has 0 saturated carbocycles.